The number of nitrogens with zero attached hydrogens (tertiary/aromatic N) is 1. The van der Waals surface area contributed by atoms with E-state index < -0.39 is 5.54 Å². The van der Waals surface area contributed by atoms with E-state index >= 15 is 0 Å². The maximum absolute atomic E-state index is 12.1. The smallest absolute Gasteiger partial charge is 0.244 e. The zero-order chi connectivity index (χ0) is 14.6. The van der Waals surface area contributed by atoms with E-state index in [9.17, 15) is 4.79 Å². The Morgan fingerprint density at radius 1 is 1.37 bits per heavy atom. The first kappa shape index (κ1) is 15.8. The molecule has 0 fully saturated rings. The zero-order valence-electron chi connectivity index (χ0n) is 12.0. The third-order valence-corrected chi connectivity index (χ3v) is 3.70. The average molecular weight is 284 g/mol. The minimum atomic E-state index is -0.827. The molecule has 5 heteroatoms. The van der Waals surface area contributed by atoms with Gasteiger partial charge in [0.25, 0.3) is 0 Å². The summed E-state index contributed by atoms with van der Waals surface area (Å²) in [6.07, 6.45) is 1.19. The molecule has 106 valence electrons. The normalized spacial score (nSPS) is 11.3. The molecular formula is C14H22ClN3O. The van der Waals surface area contributed by atoms with Gasteiger partial charge in [-0.3, -0.25) is 4.79 Å². The molecule has 0 saturated carbocycles. The van der Waals surface area contributed by atoms with Gasteiger partial charge in [-0.2, -0.15) is 0 Å². The Morgan fingerprint density at radius 2 is 1.95 bits per heavy atom. The first-order valence-corrected chi connectivity index (χ1v) is 6.79. The average Bonchev–Trinajstić information content (AvgIpc) is 2.37. The fraction of sp³-hybridized carbons (Fsp3) is 0.500. The molecule has 0 saturated heterocycles. The van der Waals surface area contributed by atoms with Crippen LogP contribution in [0.1, 0.15) is 26.7 Å². The standard InChI is InChI=1S/C14H22ClN3O/c1-5-14(16,6-2)13(19)17-10-7-8-12(18(3)4)11(15)9-10/h7-9H,5-6,16H2,1-4H3,(H,17,19). The number of anilines is 2. The number of carbonyl (C=O) groups excluding carboxylic acids is 1. The first-order chi connectivity index (χ1) is 8.84. The van der Waals surface area contributed by atoms with Gasteiger partial charge in [0.1, 0.15) is 0 Å². The maximum atomic E-state index is 12.1. The largest absolute Gasteiger partial charge is 0.376 e. The predicted molar refractivity (Wildman–Crippen MR) is 81.9 cm³/mol. The summed E-state index contributed by atoms with van der Waals surface area (Å²) in [4.78, 5) is 14.1. The SMILES string of the molecule is CCC(N)(CC)C(=O)Nc1ccc(N(C)C)c(Cl)c1. The van der Waals surface area contributed by atoms with E-state index in [1.54, 1.807) is 6.07 Å². The Labute approximate surface area is 119 Å². The van der Waals surface area contributed by atoms with Crippen LogP contribution < -0.4 is 16.0 Å². The van der Waals surface area contributed by atoms with Crippen LogP contribution >= 0.6 is 11.6 Å². The minimum Gasteiger partial charge on any atom is -0.376 e. The third-order valence-electron chi connectivity index (χ3n) is 3.40. The number of hydrogen-bond acceptors (Lipinski definition) is 3. The van der Waals surface area contributed by atoms with Crippen molar-refractivity contribution in [1.82, 2.24) is 0 Å². The van der Waals surface area contributed by atoms with Crippen LogP contribution in [0.2, 0.25) is 5.02 Å². The molecule has 0 radical (unpaired) electrons. The molecule has 0 aliphatic carbocycles. The maximum Gasteiger partial charge on any atom is 0.244 e. The molecule has 1 rings (SSSR count). The number of halogens is 1. The summed E-state index contributed by atoms with van der Waals surface area (Å²) in [5.41, 5.74) is 6.80. The van der Waals surface area contributed by atoms with Gasteiger partial charge in [0.2, 0.25) is 5.91 Å². The van der Waals surface area contributed by atoms with Crippen molar-refractivity contribution in [3.8, 4) is 0 Å². The Kier molecular flexibility index (Phi) is 5.20. The van der Waals surface area contributed by atoms with E-state index in [0.717, 1.165) is 5.69 Å². The third kappa shape index (κ3) is 3.61. The van der Waals surface area contributed by atoms with Crippen LogP contribution in [0, 0.1) is 0 Å². The van der Waals surface area contributed by atoms with Gasteiger partial charge < -0.3 is 16.0 Å². The number of nitrogens with one attached hydrogen (secondary N) is 1. The van der Waals surface area contributed by atoms with Gasteiger partial charge in [0, 0.05) is 19.8 Å². The van der Waals surface area contributed by atoms with Crippen molar-refractivity contribution in [3.05, 3.63) is 23.2 Å². The predicted octanol–water partition coefficient (Wildman–Crippen LogP) is 2.86. The highest BCUT2D eigenvalue weighted by atomic mass is 35.5. The Bertz CT molecular complexity index is 456. The van der Waals surface area contributed by atoms with E-state index in [4.69, 9.17) is 17.3 Å². The van der Waals surface area contributed by atoms with E-state index in [-0.39, 0.29) is 5.91 Å². The topological polar surface area (TPSA) is 58.4 Å². The van der Waals surface area contributed by atoms with Gasteiger partial charge in [0.05, 0.1) is 16.2 Å². The number of rotatable bonds is 5. The summed E-state index contributed by atoms with van der Waals surface area (Å²) in [7, 11) is 3.83. The number of amides is 1. The summed E-state index contributed by atoms with van der Waals surface area (Å²) in [5.74, 6) is -0.175. The van der Waals surface area contributed by atoms with Crippen LogP contribution in [0.4, 0.5) is 11.4 Å². The van der Waals surface area contributed by atoms with Crippen LogP contribution in [-0.4, -0.2) is 25.5 Å². The lowest BCUT2D eigenvalue weighted by molar-refractivity contribution is -0.121. The second kappa shape index (κ2) is 6.26. The quantitative estimate of drug-likeness (QED) is 0.874. The van der Waals surface area contributed by atoms with E-state index in [1.165, 1.54) is 0 Å². The Balaban J connectivity index is 2.89. The number of nitrogens with two attached hydrogens (primary N) is 1. The molecule has 1 amide bonds. The number of hydrogen-bond donors (Lipinski definition) is 2. The highest BCUT2D eigenvalue weighted by molar-refractivity contribution is 6.33. The molecule has 0 aliphatic heterocycles. The molecule has 1 aromatic rings. The molecule has 19 heavy (non-hydrogen) atoms. The molecule has 3 N–H and O–H groups in total. The lowest BCUT2D eigenvalue weighted by Gasteiger charge is -2.25. The second-order valence-electron chi connectivity index (χ2n) is 4.88. The monoisotopic (exact) mass is 283 g/mol. The van der Waals surface area contributed by atoms with Crippen LogP contribution in [0.3, 0.4) is 0 Å². The molecule has 1 aromatic carbocycles. The zero-order valence-corrected chi connectivity index (χ0v) is 12.7. The second-order valence-corrected chi connectivity index (χ2v) is 5.29. The number of carbonyl (C=O) groups is 1. The molecule has 0 aliphatic rings. The van der Waals surface area contributed by atoms with Gasteiger partial charge in [-0.1, -0.05) is 25.4 Å². The molecule has 0 atom stereocenters. The van der Waals surface area contributed by atoms with Crippen molar-refractivity contribution in [2.75, 3.05) is 24.3 Å². The molecule has 4 nitrogen and oxygen atoms in total. The molecule has 0 bridgehead atoms. The van der Waals surface area contributed by atoms with Crippen molar-refractivity contribution < 1.29 is 4.79 Å². The highest BCUT2D eigenvalue weighted by Gasteiger charge is 2.29. The van der Waals surface area contributed by atoms with Crippen molar-refractivity contribution in [1.29, 1.82) is 0 Å². The Morgan fingerprint density at radius 3 is 2.37 bits per heavy atom. The lowest BCUT2D eigenvalue weighted by atomic mass is 9.93. The van der Waals surface area contributed by atoms with E-state index in [1.807, 2.05) is 45.0 Å². The molecule has 0 heterocycles. The van der Waals surface area contributed by atoms with E-state index in [2.05, 4.69) is 5.32 Å². The molecular weight excluding hydrogens is 262 g/mol. The summed E-state index contributed by atoms with van der Waals surface area (Å²) < 4.78 is 0. The first-order valence-electron chi connectivity index (χ1n) is 6.41. The Hall–Kier alpha value is -1.26. The van der Waals surface area contributed by atoms with Crippen LogP contribution in [-0.2, 0) is 4.79 Å². The van der Waals surface area contributed by atoms with Gasteiger partial charge in [-0.05, 0) is 31.0 Å². The minimum absolute atomic E-state index is 0.175. The summed E-state index contributed by atoms with van der Waals surface area (Å²) in [6, 6.07) is 5.43. The van der Waals surface area contributed by atoms with Crippen LogP contribution in [0.15, 0.2) is 18.2 Å². The summed E-state index contributed by atoms with van der Waals surface area (Å²) in [5, 5.41) is 3.42. The highest BCUT2D eigenvalue weighted by Crippen LogP contribution is 2.28. The molecule has 0 spiro atoms. The summed E-state index contributed by atoms with van der Waals surface area (Å²) in [6.45, 7) is 3.82. The lowest BCUT2D eigenvalue weighted by Crippen LogP contribution is -2.50. The fourth-order valence-electron chi connectivity index (χ4n) is 1.77. The van der Waals surface area contributed by atoms with Gasteiger partial charge in [0.15, 0.2) is 0 Å². The summed E-state index contributed by atoms with van der Waals surface area (Å²) >= 11 is 6.17. The van der Waals surface area contributed by atoms with Gasteiger partial charge >= 0.3 is 0 Å². The van der Waals surface area contributed by atoms with Crippen LogP contribution in [0.25, 0.3) is 0 Å². The molecule has 0 unspecified atom stereocenters. The molecule has 0 aromatic heterocycles. The van der Waals surface area contributed by atoms with Crippen molar-refractivity contribution in [3.63, 3.8) is 0 Å². The van der Waals surface area contributed by atoms with E-state index in [0.29, 0.717) is 23.6 Å². The van der Waals surface area contributed by atoms with Crippen molar-refractivity contribution in [2.45, 2.75) is 32.2 Å². The fourth-order valence-corrected chi connectivity index (χ4v) is 2.12. The number of benzene rings is 1. The van der Waals surface area contributed by atoms with Crippen LogP contribution in [0.5, 0.6) is 0 Å². The van der Waals surface area contributed by atoms with Gasteiger partial charge in [-0.25, -0.2) is 0 Å². The van der Waals surface area contributed by atoms with Gasteiger partial charge in [-0.15, -0.1) is 0 Å². The van der Waals surface area contributed by atoms with Crippen molar-refractivity contribution in [2.24, 2.45) is 5.73 Å². The van der Waals surface area contributed by atoms with Crippen molar-refractivity contribution >= 4 is 28.9 Å².